The van der Waals surface area contributed by atoms with Crippen LogP contribution in [0, 0.1) is 0 Å². The maximum Gasteiger partial charge on any atom is 0.341 e. The minimum Gasteiger partial charge on any atom is -0.482 e. The molecule has 0 saturated heterocycles. The van der Waals surface area contributed by atoms with Gasteiger partial charge < -0.3 is 15.7 Å². The summed E-state index contributed by atoms with van der Waals surface area (Å²) in [6.07, 6.45) is 1.45. The molecule has 0 aliphatic heterocycles. The first-order chi connectivity index (χ1) is 6.72. The molecule has 3 N–H and O–H groups in total. The zero-order valence-electron chi connectivity index (χ0n) is 7.38. The summed E-state index contributed by atoms with van der Waals surface area (Å²) in [7, 11) is 0. The molecular weight excluding hydrogens is 184 g/mol. The molecule has 0 aromatic heterocycles. The Bertz CT molecular complexity index is 350. The molecular formula is C9H10N2O3. The van der Waals surface area contributed by atoms with Crippen LogP contribution in [-0.2, 0) is 4.79 Å². The fourth-order valence-corrected chi connectivity index (χ4v) is 0.916. The van der Waals surface area contributed by atoms with Gasteiger partial charge in [-0.2, -0.15) is 5.10 Å². The van der Waals surface area contributed by atoms with Gasteiger partial charge in [0, 0.05) is 0 Å². The molecule has 0 bridgehead atoms. The number of carbonyl (C=O) groups is 1. The molecule has 74 valence electrons. The van der Waals surface area contributed by atoms with E-state index in [4.69, 9.17) is 15.7 Å². The van der Waals surface area contributed by atoms with Gasteiger partial charge in [0.25, 0.3) is 0 Å². The second-order valence-corrected chi connectivity index (χ2v) is 2.53. The summed E-state index contributed by atoms with van der Waals surface area (Å²) < 4.78 is 4.95. The van der Waals surface area contributed by atoms with Crippen LogP contribution < -0.4 is 10.6 Å². The SMILES string of the molecule is NN=Cc1cccc(OCC(=O)O)c1. The summed E-state index contributed by atoms with van der Waals surface area (Å²) in [5, 5.41) is 11.7. The first-order valence-electron chi connectivity index (χ1n) is 3.90. The van der Waals surface area contributed by atoms with Crippen LogP contribution in [0.4, 0.5) is 0 Å². The van der Waals surface area contributed by atoms with E-state index in [-0.39, 0.29) is 6.61 Å². The van der Waals surface area contributed by atoms with Crippen molar-refractivity contribution >= 4 is 12.2 Å². The Morgan fingerprint density at radius 1 is 1.64 bits per heavy atom. The molecule has 0 unspecified atom stereocenters. The normalized spacial score (nSPS) is 10.3. The van der Waals surface area contributed by atoms with Crippen LogP contribution in [0.2, 0.25) is 0 Å². The highest BCUT2D eigenvalue weighted by Gasteiger charge is 1.99. The molecule has 0 saturated carbocycles. The average molecular weight is 194 g/mol. The molecule has 5 heteroatoms. The Kier molecular flexibility index (Phi) is 3.49. The third-order valence-corrected chi connectivity index (χ3v) is 1.44. The third kappa shape index (κ3) is 3.14. The minimum atomic E-state index is -1.01. The molecule has 0 aliphatic rings. The fraction of sp³-hybridized carbons (Fsp3) is 0.111. The Labute approximate surface area is 80.8 Å². The van der Waals surface area contributed by atoms with E-state index in [0.717, 1.165) is 5.56 Å². The Balaban J connectivity index is 2.68. The van der Waals surface area contributed by atoms with Crippen molar-refractivity contribution in [2.75, 3.05) is 6.61 Å². The van der Waals surface area contributed by atoms with Crippen molar-refractivity contribution in [3.05, 3.63) is 29.8 Å². The van der Waals surface area contributed by atoms with Gasteiger partial charge in [-0.25, -0.2) is 4.79 Å². The molecule has 0 radical (unpaired) electrons. The molecule has 14 heavy (non-hydrogen) atoms. The first kappa shape index (κ1) is 10.0. The van der Waals surface area contributed by atoms with Crippen molar-refractivity contribution in [2.24, 2.45) is 10.9 Å². The lowest BCUT2D eigenvalue weighted by atomic mass is 10.2. The smallest absolute Gasteiger partial charge is 0.341 e. The number of ether oxygens (including phenoxy) is 1. The standard InChI is InChI=1S/C9H10N2O3/c10-11-5-7-2-1-3-8(4-7)14-6-9(12)13/h1-5H,6,10H2,(H,12,13). The fourth-order valence-electron chi connectivity index (χ4n) is 0.916. The molecule has 1 rings (SSSR count). The third-order valence-electron chi connectivity index (χ3n) is 1.44. The van der Waals surface area contributed by atoms with Gasteiger partial charge in [-0.3, -0.25) is 0 Å². The average Bonchev–Trinajstić information content (AvgIpc) is 2.16. The number of carboxylic acid groups (broad SMARTS) is 1. The van der Waals surface area contributed by atoms with Gasteiger partial charge in [0.1, 0.15) is 5.75 Å². The number of aliphatic carboxylic acids is 1. The van der Waals surface area contributed by atoms with Gasteiger partial charge in [-0.15, -0.1) is 0 Å². The van der Waals surface area contributed by atoms with Crippen molar-refractivity contribution < 1.29 is 14.6 Å². The maximum absolute atomic E-state index is 10.2. The maximum atomic E-state index is 10.2. The number of nitrogens with zero attached hydrogens (tertiary/aromatic N) is 1. The molecule has 0 spiro atoms. The van der Waals surface area contributed by atoms with E-state index in [1.165, 1.54) is 6.21 Å². The highest BCUT2D eigenvalue weighted by Crippen LogP contribution is 2.11. The second-order valence-electron chi connectivity index (χ2n) is 2.53. The van der Waals surface area contributed by atoms with Gasteiger partial charge in [0.15, 0.2) is 6.61 Å². The van der Waals surface area contributed by atoms with Gasteiger partial charge in [0.2, 0.25) is 0 Å². The molecule has 0 amide bonds. The Hall–Kier alpha value is -2.04. The highest BCUT2D eigenvalue weighted by atomic mass is 16.5. The number of nitrogens with two attached hydrogens (primary N) is 1. The van der Waals surface area contributed by atoms with Crippen molar-refractivity contribution in [1.82, 2.24) is 0 Å². The second kappa shape index (κ2) is 4.86. The largest absolute Gasteiger partial charge is 0.482 e. The van der Waals surface area contributed by atoms with E-state index >= 15 is 0 Å². The Morgan fingerprint density at radius 2 is 2.43 bits per heavy atom. The van der Waals surface area contributed by atoms with Crippen molar-refractivity contribution in [2.45, 2.75) is 0 Å². The monoisotopic (exact) mass is 194 g/mol. The molecule has 5 nitrogen and oxygen atoms in total. The topological polar surface area (TPSA) is 84.9 Å². The van der Waals surface area contributed by atoms with Gasteiger partial charge in [0.05, 0.1) is 6.21 Å². The summed E-state index contributed by atoms with van der Waals surface area (Å²) in [5.41, 5.74) is 0.760. The Morgan fingerprint density at radius 3 is 3.07 bits per heavy atom. The lowest BCUT2D eigenvalue weighted by Gasteiger charge is -2.02. The summed E-state index contributed by atoms with van der Waals surface area (Å²) in [6, 6.07) is 6.83. The van der Waals surface area contributed by atoms with E-state index in [1.807, 2.05) is 0 Å². The highest BCUT2D eigenvalue weighted by molar-refractivity contribution is 5.79. The zero-order chi connectivity index (χ0) is 10.4. The quantitative estimate of drug-likeness (QED) is 0.414. The number of hydrogen-bond acceptors (Lipinski definition) is 4. The van der Waals surface area contributed by atoms with E-state index in [2.05, 4.69) is 5.10 Å². The van der Waals surface area contributed by atoms with Gasteiger partial charge in [-0.05, 0) is 17.7 Å². The zero-order valence-corrected chi connectivity index (χ0v) is 7.38. The van der Waals surface area contributed by atoms with Crippen LogP contribution in [0.3, 0.4) is 0 Å². The van der Waals surface area contributed by atoms with Crippen LogP contribution in [0.15, 0.2) is 29.4 Å². The number of hydrogen-bond donors (Lipinski definition) is 2. The lowest BCUT2D eigenvalue weighted by molar-refractivity contribution is -0.139. The van der Waals surface area contributed by atoms with Crippen molar-refractivity contribution in [1.29, 1.82) is 0 Å². The summed E-state index contributed by atoms with van der Waals surface area (Å²) in [5.74, 6) is 4.43. The molecule has 0 atom stereocenters. The van der Waals surface area contributed by atoms with E-state index < -0.39 is 5.97 Å². The summed E-state index contributed by atoms with van der Waals surface area (Å²) in [6.45, 7) is -0.358. The van der Waals surface area contributed by atoms with Crippen LogP contribution in [0.25, 0.3) is 0 Å². The van der Waals surface area contributed by atoms with E-state index in [0.29, 0.717) is 5.75 Å². The first-order valence-corrected chi connectivity index (χ1v) is 3.90. The summed E-state index contributed by atoms with van der Waals surface area (Å²) in [4.78, 5) is 10.2. The van der Waals surface area contributed by atoms with Crippen LogP contribution in [-0.4, -0.2) is 23.9 Å². The van der Waals surface area contributed by atoms with Gasteiger partial charge in [-0.1, -0.05) is 12.1 Å². The molecule has 1 aromatic carbocycles. The van der Waals surface area contributed by atoms with E-state index in [1.54, 1.807) is 24.3 Å². The molecule has 0 heterocycles. The van der Waals surface area contributed by atoms with Gasteiger partial charge >= 0.3 is 5.97 Å². The van der Waals surface area contributed by atoms with Crippen molar-refractivity contribution in [3.8, 4) is 5.75 Å². The molecule has 1 aromatic rings. The predicted octanol–water partition coefficient (Wildman–Crippen LogP) is 0.443. The minimum absolute atomic E-state index is 0.358. The summed E-state index contributed by atoms with van der Waals surface area (Å²) >= 11 is 0. The number of carboxylic acids is 1. The van der Waals surface area contributed by atoms with Crippen molar-refractivity contribution in [3.63, 3.8) is 0 Å². The molecule has 0 fully saturated rings. The number of benzene rings is 1. The van der Waals surface area contributed by atoms with Crippen LogP contribution in [0.1, 0.15) is 5.56 Å². The molecule has 0 aliphatic carbocycles. The van der Waals surface area contributed by atoms with Crippen LogP contribution >= 0.6 is 0 Å². The number of hydrazone groups is 1. The van der Waals surface area contributed by atoms with Crippen LogP contribution in [0.5, 0.6) is 5.75 Å². The van der Waals surface area contributed by atoms with E-state index in [9.17, 15) is 4.79 Å². The lowest BCUT2D eigenvalue weighted by Crippen LogP contribution is -2.09. The predicted molar refractivity (Wildman–Crippen MR) is 51.4 cm³/mol. The number of rotatable bonds is 4.